The fourth-order valence-corrected chi connectivity index (χ4v) is 7.03. The van der Waals surface area contributed by atoms with Crippen molar-refractivity contribution in [3.63, 3.8) is 0 Å². The summed E-state index contributed by atoms with van der Waals surface area (Å²) in [6.45, 7) is 1.63. The number of carbonyl (C=O) groups is 2. The average molecular weight is 560 g/mol. The van der Waals surface area contributed by atoms with Crippen LogP contribution in [-0.4, -0.2) is 54.4 Å². The van der Waals surface area contributed by atoms with Crippen LogP contribution in [0.4, 0.5) is 0 Å². The second-order valence-corrected chi connectivity index (χ2v) is 12.3. The van der Waals surface area contributed by atoms with Crippen LogP contribution in [0.1, 0.15) is 46.4 Å². The van der Waals surface area contributed by atoms with Gasteiger partial charge >= 0.3 is 0 Å². The Kier molecular flexibility index (Phi) is 5.56. The molecule has 1 saturated heterocycles. The smallest absolute Gasteiger partial charge is 0.254 e. The number of benzene rings is 2. The van der Waals surface area contributed by atoms with Gasteiger partial charge in [0.2, 0.25) is 5.91 Å². The molecule has 3 aliphatic rings. The first kappa shape index (κ1) is 25.2. The molecule has 2 aromatic carbocycles. The number of carbonyl (C=O) groups excluding carboxylic acids is 2. The third kappa shape index (κ3) is 3.94. The normalized spacial score (nSPS) is 21.6. The van der Waals surface area contributed by atoms with Crippen LogP contribution in [0, 0.1) is 11.8 Å². The SMILES string of the molecule is Cn1c(-c2cc3ccc(-c4ccc(C(N)=O)cc4)nc3n2CC2CC2)nc2cc(C(=O)N3CC4CCC3[C@@H]4N)ccc21. The lowest BCUT2D eigenvalue weighted by Crippen LogP contribution is -2.41. The topological polar surface area (TPSA) is 125 Å². The Hall–Kier alpha value is -4.50. The number of piperidine rings is 1. The minimum absolute atomic E-state index is 0.0511. The number of imidazole rings is 1. The Morgan fingerprint density at radius 3 is 2.40 bits per heavy atom. The van der Waals surface area contributed by atoms with Gasteiger partial charge in [0.25, 0.3) is 5.91 Å². The van der Waals surface area contributed by atoms with Crippen molar-refractivity contribution in [3.05, 3.63) is 71.8 Å². The van der Waals surface area contributed by atoms with Crippen LogP contribution in [0.25, 0.3) is 44.8 Å². The highest BCUT2D eigenvalue weighted by Crippen LogP contribution is 2.39. The fourth-order valence-electron chi connectivity index (χ4n) is 7.03. The van der Waals surface area contributed by atoms with E-state index in [4.69, 9.17) is 21.4 Å². The lowest BCUT2D eigenvalue weighted by molar-refractivity contribution is 0.0700. The van der Waals surface area contributed by atoms with Crippen LogP contribution in [0.5, 0.6) is 0 Å². The molecule has 3 atom stereocenters. The van der Waals surface area contributed by atoms with Gasteiger partial charge in [0, 0.05) is 54.3 Å². The molecule has 4 heterocycles. The number of amides is 2. The van der Waals surface area contributed by atoms with E-state index >= 15 is 0 Å². The molecule has 2 bridgehead atoms. The van der Waals surface area contributed by atoms with Crippen molar-refractivity contribution >= 4 is 33.9 Å². The van der Waals surface area contributed by atoms with Gasteiger partial charge in [0.1, 0.15) is 5.65 Å². The summed E-state index contributed by atoms with van der Waals surface area (Å²) < 4.78 is 4.41. The summed E-state index contributed by atoms with van der Waals surface area (Å²) in [4.78, 5) is 37.2. The Balaban J connectivity index is 1.19. The largest absolute Gasteiger partial charge is 0.366 e. The quantitative estimate of drug-likeness (QED) is 0.320. The van der Waals surface area contributed by atoms with E-state index in [2.05, 4.69) is 21.3 Å². The molecule has 0 radical (unpaired) electrons. The Labute approximate surface area is 243 Å². The standard InChI is InChI=1S/C33H33N7O2/c1-38-26-12-9-22(33(42)40-17-23-10-13-27(40)29(23)34)14-25(26)37-32(38)28-15-21-8-11-24(19-4-6-20(7-5-19)30(35)41)36-31(21)39(28)16-18-2-3-18/h4-9,11-12,14-15,18,23,27,29H,2-3,10,13,16-17,34H2,1H3,(H2,35,41)/t23?,27?,29-/m1/s1. The van der Waals surface area contributed by atoms with E-state index in [1.807, 2.05) is 48.3 Å². The number of nitrogens with zero attached hydrogens (tertiary/aromatic N) is 5. The third-order valence-corrected chi connectivity index (χ3v) is 9.62. The fraction of sp³-hybridized carbons (Fsp3) is 0.333. The maximum atomic E-state index is 13.5. The predicted molar refractivity (Wildman–Crippen MR) is 162 cm³/mol. The van der Waals surface area contributed by atoms with Crippen molar-refractivity contribution in [1.29, 1.82) is 0 Å². The molecular weight excluding hydrogens is 526 g/mol. The summed E-state index contributed by atoms with van der Waals surface area (Å²) >= 11 is 0. The Bertz CT molecular complexity index is 1900. The predicted octanol–water partition coefficient (Wildman–Crippen LogP) is 4.33. The Morgan fingerprint density at radius 2 is 1.71 bits per heavy atom. The van der Waals surface area contributed by atoms with Gasteiger partial charge in [-0.15, -0.1) is 0 Å². The van der Waals surface area contributed by atoms with Crippen LogP contribution < -0.4 is 11.5 Å². The van der Waals surface area contributed by atoms with Crippen LogP contribution in [0.3, 0.4) is 0 Å². The first-order valence-corrected chi connectivity index (χ1v) is 14.8. The number of aromatic nitrogens is 4. The molecule has 9 heteroatoms. The molecule has 1 aliphatic heterocycles. The monoisotopic (exact) mass is 559 g/mol. The van der Waals surface area contributed by atoms with E-state index in [0.717, 1.165) is 70.8 Å². The third-order valence-electron chi connectivity index (χ3n) is 9.62. The van der Waals surface area contributed by atoms with Crippen molar-refractivity contribution in [3.8, 4) is 22.8 Å². The van der Waals surface area contributed by atoms with Crippen LogP contribution in [0.2, 0.25) is 0 Å². The molecule has 212 valence electrons. The number of primary amides is 1. The molecule has 3 fully saturated rings. The summed E-state index contributed by atoms with van der Waals surface area (Å²) in [5.74, 6) is 1.50. The first-order valence-electron chi connectivity index (χ1n) is 14.8. The molecule has 4 N–H and O–H groups in total. The van der Waals surface area contributed by atoms with Gasteiger partial charge < -0.3 is 25.5 Å². The molecule has 8 rings (SSSR count). The van der Waals surface area contributed by atoms with Gasteiger partial charge in [-0.25, -0.2) is 9.97 Å². The van der Waals surface area contributed by atoms with Gasteiger partial charge in [-0.05, 0) is 86.1 Å². The molecular formula is C33H33N7O2. The van der Waals surface area contributed by atoms with E-state index in [1.54, 1.807) is 12.1 Å². The van der Waals surface area contributed by atoms with Crippen molar-refractivity contribution in [2.45, 2.75) is 44.3 Å². The second kappa shape index (κ2) is 9.25. The highest BCUT2D eigenvalue weighted by molar-refractivity contribution is 5.98. The zero-order chi connectivity index (χ0) is 28.7. The highest BCUT2D eigenvalue weighted by Gasteiger charge is 2.46. The summed E-state index contributed by atoms with van der Waals surface area (Å²) in [6, 6.07) is 19.6. The molecule has 2 amide bonds. The van der Waals surface area contributed by atoms with E-state index in [-0.39, 0.29) is 18.0 Å². The van der Waals surface area contributed by atoms with E-state index < -0.39 is 5.91 Å². The van der Waals surface area contributed by atoms with Crippen molar-refractivity contribution < 1.29 is 9.59 Å². The number of nitrogens with two attached hydrogens (primary N) is 2. The average Bonchev–Trinajstić information content (AvgIpc) is 3.41. The Morgan fingerprint density at radius 1 is 0.929 bits per heavy atom. The number of rotatable bonds is 6. The summed E-state index contributed by atoms with van der Waals surface area (Å²) in [5, 5.41) is 1.05. The summed E-state index contributed by atoms with van der Waals surface area (Å²) in [7, 11) is 2.03. The van der Waals surface area contributed by atoms with Gasteiger partial charge in [-0.2, -0.15) is 0 Å². The molecule has 42 heavy (non-hydrogen) atoms. The first-order chi connectivity index (χ1) is 20.4. The maximum absolute atomic E-state index is 13.5. The summed E-state index contributed by atoms with van der Waals surface area (Å²) in [6.07, 6.45) is 4.53. The van der Waals surface area contributed by atoms with Gasteiger partial charge in [-0.1, -0.05) is 12.1 Å². The summed E-state index contributed by atoms with van der Waals surface area (Å²) in [5.41, 5.74) is 18.4. The van der Waals surface area contributed by atoms with Gasteiger partial charge in [0.05, 0.1) is 22.4 Å². The number of aryl methyl sites for hydroxylation is 1. The highest BCUT2D eigenvalue weighted by atomic mass is 16.2. The van der Waals surface area contributed by atoms with Crippen LogP contribution in [-0.2, 0) is 13.6 Å². The zero-order valence-corrected chi connectivity index (χ0v) is 23.5. The minimum atomic E-state index is -0.445. The number of fused-ring (bicyclic) bond motifs is 4. The molecule has 0 spiro atoms. The molecule has 2 unspecified atom stereocenters. The number of pyridine rings is 1. The maximum Gasteiger partial charge on any atom is 0.254 e. The van der Waals surface area contributed by atoms with Crippen molar-refractivity contribution in [1.82, 2.24) is 24.0 Å². The van der Waals surface area contributed by atoms with Crippen molar-refractivity contribution in [2.75, 3.05) is 6.54 Å². The van der Waals surface area contributed by atoms with E-state index in [1.165, 1.54) is 12.8 Å². The molecule has 9 nitrogen and oxygen atoms in total. The molecule has 2 aliphatic carbocycles. The second-order valence-electron chi connectivity index (χ2n) is 12.3. The minimum Gasteiger partial charge on any atom is -0.366 e. The number of hydrogen-bond acceptors (Lipinski definition) is 5. The van der Waals surface area contributed by atoms with Crippen LogP contribution in [0.15, 0.2) is 60.7 Å². The van der Waals surface area contributed by atoms with Crippen LogP contribution >= 0.6 is 0 Å². The molecule has 2 saturated carbocycles. The van der Waals surface area contributed by atoms with Gasteiger partial charge in [0.15, 0.2) is 5.82 Å². The molecule has 5 aromatic rings. The number of hydrogen-bond donors (Lipinski definition) is 2. The lowest BCUT2D eigenvalue weighted by Gasteiger charge is -2.27. The van der Waals surface area contributed by atoms with E-state index in [9.17, 15) is 9.59 Å². The van der Waals surface area contributed by atoms with Gasteiger partial charge in [-0.3, -0.25) is 9.59 Å². The molecule has 3 aromatic heterocycles. The van der Waals surface area contributed by atoms with Crippen molar-refractivity contribution in [2.24, 2.45) is 30.4 Å². The number of likely N-dealkylation sites (tertiary alicyclic amines) is 1. The zero-order valence-electron chi connectivity index (χ0n) is 23.5. The van der Waals surface area contributed by atoms with E-state index in [0.29, 0.717) is 23.0 Å². The lowest BCUT2D eigenvalue weighted by atomic mass is 10.1.